The van der Waals surface area contributed by atoms with Crippen LogP contribution in [-0.4, -0.2) is 24.8 Å². The first-order chi connectivity index (χ1) is 6.08. The highest BCUT2D eigenvalue weighted by molar-refractivity contribution is 4.73. The summed E-state index contributed by atoms with van der Waals surface area (Å²) < 4.78 is 5.66. The predicted molar refractivity (Wildman–Crippen MR) is 56.0 cm³/mol. The van der Waals surface area contributed by atoms with Crippen molar-refractivity contribution in [1.82, 2.24) is 5.32 Å². The van der Waals surface area contributed by atoms with Crippen molar-refractivity contribution < 1.29 is 4.74 Å². The summed E-state index contributed by atoms with van der Waals surface area (Å²) >= 11 is 0. The molecule has 0 aromatic carbocycles. The summed E-state index contributed by atoms with van der Waals surface area (Å²) in [6, 6.07) is 0.767. The van der Waals surface area contributed by atoms with Crippen LogP contribution >= 0.6 is 0 Å². The van der Waals surface area contributed by atoms with Gasteiger partial charge in [-0.05, 0) is 53.0 Å². The number of rotatable bonds is 4. The fourth-order valence-electron chi connectivity index (χ4n) is 1.71. The number of hydrogen-bond donors (Lipinski definition) is 1. The van der Waals surface area contributed by atoms with Crippen molar-refractivity contribution in [2.45, 2.75) is 58.1 Å². The number of ether oxygens (including phenoxy) is 1. The molecule has 1 atom stereocenters. The van der Waals surface area contributed by atoms with Crippen molar-refractivity contribution >= 4 is 0 Å². The third-order valence-corrected chi connectivity index (χ3v) is 2.39. The van der Waals surface area contributed by atoms with E-state index in [4.69, 9.17) is 4.74 Å². The van der Waals surface area contributed by atoms with Crippen LogP contribution in [-0.2, 0) is 4.74 Å². The Morgan fingerprint density at radius 1 is 1.38 bits per heavy atom. The Kier molecular flexibility index (Phi) is 4.20. The zero-order valence-corrected chi connectivity index (χ0v) is 9.23. The Labute approximate surface area is 82.0 Å². The summed E-state index contributed by atoms with van der Waals surface area (Å²) in [5, 5.41) is 3.50. The Bertz CT molecular complexity index is 134. The maximum atomic E-state index is 5.66. The van der Waals surface area contributed by atoms with Crippen molar-refractivity contribution in [3.8, 4) is 0 Å². The molecule has 0 radical (unpaired) electrons. The second kappa shape index (κ2) is 4.97. The lowest BCUT2D eigenvalue weighted by Crippen LogP contribution is -2.23. The van der Waals surface area contributed by atoms with Crippen molar-refractivity contribution in [2.24, 2.45) is 0 Å². The molecule has 2 nitrogen and oxygen atoms in total. The Morgan fingerprint density at radius 2 is 2.15 bits per heavy atom. The molecule has 1 N–H and O–H groups in total. The van der Waals surface area contributed by atoms with E-state index in [-0.39, 0.29) is 5.60 Å². The van der Waals surface area contributed by atoms with E-state index in [1.165, 1.54) is 32.2 Å². The van der Waals surface area contributed by atoms with Gasteiger partial charge < -0.3 is 10.1 Å². The van der Waals surface area contributed by atoms with E-state index in [0.29, 0.717) is 0 Å². The third-order valence-electron chi connectivity index (χ3n) is 2.39. The summed E-state index contributed by atoms with van der Waals surface area (Å²) in [6.07, 6.45) is 5.17. The molecule has 0 aromatic heterocycles. The van der Waals surface area contributed by atoms with Crippen LogP contribution in [0.5, 0.6) is 0 Å². The topological polar surface area (TPSA) is 21.3 Å². The molecule has 0 saturated carbocycles. The van der Waals surface area contributed by atoms with Crippen LogP contribution in [0, 0.1) is 0 Å². The summed E-state index contributed by atoms with van der Waals surface area (Å²) in [7, 11) is 0. The van der Waals surface area contributed by atoms with Gasteiger partial charge in [-0.15, -0.1) is 0 Å². The lowest BCUT2D eigenvalue weighted by molar-refractivity contribution is -0.00522. The molecular formula is C11H23NO. The molecule has 78 valence electrons. The van der Waals surface area contributed by atoms with Crippen molar-refractivity contribution in [3.63, 3.8) is 0 Å². The van der Waals surface area contributed by atoms with Crippen LogP contribution in [0.15, 0.2) is 0 Å². The number of nitrogens with one attached hydrogen (secondary N) is 1. The standard InChI is InChI=1S/C11H23NO/c1-11(2,3)13-9-5-7-10-6-4-8-12-10/h10,12H,4-9H2,1-3H3/t10-/m1/s1. The molecule has 1 saturated heterocycles. The molecule has 1 rings (SSSR count). The average Bonchev–Trinajstić information content (AvgIpc) is 2.48. The largest absolute Gasteiger partial charge is 0.376 e. The van der Waals surface area contributed by atoms with Crippen LogP contribution in [0.2, 0.25) is 0 Å². The van der Waals surface area contributed by atoms with Crippen LogP contribution < -0.4 is 5.32 Å². The first kappa shape index (κ1) is 11.0. The molecule has 0 unspecified atom stereocenters. The molecule has 0 bridgehead atoms. The molecule has 1 heterocycles. The fraction of sp³-hybridized carbons (Fsp3) is 1.00. The lowest BCUT2D eigenvalue weighted by Gasteiger charge is -2.20. The fourth-order valence-corrected chi connectivity index (χ4v) is 1.71. The second-order valence-corrected chi connectivity index (χ2v) is 4.90. The van der Waals surface area contributed by atoms with Gasteiger partial charge in [-0.1, -0.05) is 0 Å². The molecule has 1 aliphatic heterocycles. The molecule has 0 spiro atoms. The van der Waals surface area contributed by atoms with Crippen molar-refractivity contribution in [1.29, 1.82) is 0 Å². The third kappa shape index (κ3) is 5.27. The van der Waals surface area contributed by atoms with Gasteiger partial charge in [0.1, 0.15) is 0 Å². The predicted octanol–water partition coefficient (Wildman–Crippen LogP) is 2.33. The van der Waals surface area contributed by atoms with E-state index in [1.54, 1.807) is 0 Å². The summed E-state index contributed by atoms with van der Waals surface area (Å²) in [5.41, 5.74) is 0.0309. The summed E-state index contributed by atoms with van der Waals surface area (Å²) in [5.74, 6) is 0. The van der Waals surface area contributed by atoms with E-state index < -0.39 is 0 Å². The second-order valence-electron chi connectivity index (χ2n) is 4.90. The summed E-state index contributed by atoms with van der Waals surface area (Å²) in [6.45, 7) is 8.45. The molecular weight excluding hydrogens is 162 g/mol. The zero-order valence-electron chi connectivity index (χ0n) is 9.23. The normalized spacial score (nSPS) is 23.8. The molecule has 1 aliphatic rings. The molecule has 2 heteroatoms. The molecule has 13 heavy (non-hydrogen) atoms. The van der Waals surface area contributed by atoms with E-state index in [1.807, 2.05) is 0 Å². The Balaban J connectivity index is 1.94. The zero-order chi connectivity index (χ0) is 9.73. The van der Waals surface area contributed by atoms with Gasteiger partial charge in [0.2, 0.25) is 0 Å². The molecule has 0 amide bonds. The molecule has 0 aliphatic carbocycles. The van der Waals surface area contributed by atoms with Gasteiger partial charge >= 0.3 is 0 Å². The van der Waals surface area contributed by atoms with Crippen LogP contribution in [0.4, 0.5) is 0 Å². The van der Waals surface area contributed by atoms with Gasteiger partial charge in [0.25, 0.3) is 0 Å². The minimum atomic E-state index is 0.0309. The first-order valence-electron chi connectivity index (χ1n) is 5.45. The van der Waals surface area contributed by atoms with E-state index in [0.717, 1.165) is 12.6 Å². The highest BCUT2D eigenvalue weighted by Crippen LogP contribution is 2.12. The van der Waals surface area contributed by atoms with Gasteiger partial charge in [0.05, 0.1) is 5.60 Å². The van der Waals surface area contributed by atoms with Crippen LogP contribution in [0.25, 0.3) is 0 Å². The smallest absolute Gasteiger partial charge is 0.0598 e. The van der Waals surface area contributed by atoms with Crippen LogP contribution in [0.1, 0.15) is 46.5 Å². The van der Waals surface area contributed by atoms with Gasteiger partial charge in [-0.2, -0.15) is 0 Å². The Hall–Kier alpha value is -0.0800. The lowest BCUT2D eigenvalue weighted by atomic mass is 10.1. The van der Waals surface area contributed by atoms with Crippen molar-refractivity contribution in [2.75, 3.05) is 13.2 Å². The Morgan fingerprint density at radius 3 is 2.69 bits per heavy atom. The quantitative estimate of drug-likeness (QED) is 0.679. The minimum absolute atomic E-state index is 0.0309. The summed E-state index contributed by atoms with van der Waals surface area (Å²) in [4.78, 5) is 0. The monoisotopic (exact) mass is 185 g/mol. The first-order valence-corrected chi connectivity index (χ1v) is 5.45. The maximum absolute atomic E-state index is 5.66. The highest BCUT2D eigenvalue weighted by Gasteiger charge is 2.14. The maximum Gasteiger partial charge on any atom is 0.0598 e. The number of hydrogen-bond acceptors (Lipinski definition) is 2. The SMILES string of the molecule is CC(C)(C)OCCC[C@H]1CCCN1. The van der Waals surface area contributed by atoms with Gasteiger partial charge in [-0.3, -0.25) is 0 Å². The van der Waals surface area contributed by atoms with Crippen LogP contribution in [0.3, 0.4) is 0 Å². The van der Waals surface area contributed by atoms with Crippen molar-refractivity contribution in [3.05, 3.63) is 0 Å². The van der Waals surface area contributed by atoms with E-state index in [2.05, 4.69) is 26.1 Å². The molecule has 0 aromatic rings. The van der Waals surface area contributed by atoms with Gasteiger partial charge in [-0.25, -0.2) is 0 Å². The van der Waals surface area contributed by atoms with Gasteiger partial charge in [0, 0.05) is 12.6 Å². The highest BCUT2D eigenvalue weighted by atomic mass is 16.5. The minimum Gasteiger partial charge on any atom is -0.376 e. The van der Waals surface area contributed by atoms with E-state index >= 15 is 0 Å². The van der Waals surface area contributed by atoms with Gasteiger partial charge in [0.15, 0.2) is 0 Å². The molecule has 1 fully saturated rings. The average molecular weight is 185 g/mol. The van der Waals surface area contributed by atoms with E-state index in [9.17, 15) is 0 Å².